The highest BCUT2D eigenvalue weighted by Crippen LogP contribution is 2.33. The molecule has 158 valence electrons. The second-order valence-corrected chi connectivity index (χ2v) is 6.67. The van der Waals surface area contributed by atoms with Crippen LogP contribution in [0.3, 0.4) is 0 Å². The van der Waals surface area contributed by atoms with Crippen LogP contribution in [0.2, 0.25) is 0 Å². The Labute approximate surface area is 175 Å². The number of alkyl halides is 3. The number of hydrogen-bond acceptors (Lipinski definition) is 4. The molecule has 0 atom stereocenters. The summed E-state index contributed by atoms with van der Waals surface area (Å²) < 4.78 is 47.2. The summed E-state index contributed by atoms with van der Waals surface area (Å²) in [7, 11) is 0. The van der Waals surface area contributed by atoms with E-state index in [4.69, 9.17) is 4.42 Å². The van der Waals surface area contributed by atoms with Gasteiger partial charge in [0.05, 0.1) is 23.1 Å². The largest absolute Gasteiger partial charge is 0.444 e. The Balaban J connectivity index is 1.46. The number of benzene rings is 2. The van der Waals surface area contributed by atoms with Gasteiger partial charge in [-0.15, -0.1) is 0 Å². The maximum absolute atomic E-state index is 13.7. The minimum Gasteiger partial charge on any atom is -0.444 e. The van der Waals surface area contributed by atoms with Crippen LogP contribution in [0, 0.1) is 0 Å². The number of nitrogens with zero attached hydrogens (tertiary/aromatic N) is 3. The second-order valence-electron chi connectivity index (χ2n) is 6.67. The van der Waals surface area contributed by atoms with Crippen molar-refractivity contribution in [1.29, 1.82) is 0 Å². The number of oxazole rings is 1. The summed E-state index contributed by atoms with van der Waals surface area (Å²) >= 11 is 0. The first kappa shape index (κ1) is 20.4. The Morgan fingerprint density at radius 2 is 1.71 bits per heavy atom. The van der Waals surface area contributed by atoms with Gasteiger partial charge in [0.1, 0.15) is 6.26 Å². The Bertz CT molecular complexity index is 1170. The highest BCUT2D eigenvalue weighted by Gasteiger charge is 2.40. The average molecular weight is 426 g/mol. The maximum atomic E-state index is 13.7. The van der Waals surface area contributed by atoms with Gasteiger partial charge in [0.2, 0.25) is 5.89 Å². The topological polar surface area (TPSA) is 73.0 Å². The second kappa shape index (κ2) is 8.47. The van der Waals surface area contributed by atoms with Gasteiger partial charge in [0.15, 0.2) is 5.69 Å². The van der Waals surface area contributed by atoms with Crippen LogP contribution < -0.4 is 5.32 Å². The minimum atomic E-state index is -4.75. The van der Waals surface area contributed by atoms with Gasteiger partial charge in [-0.05, 0) is 24.3 Å². The van der Waals surface area contributed by atoms with E-state index in [2.05, 4.69) is 15.4 Å². The molecule has 31 heavy (non-hydrogen) atoms. The molecule has 0 saturated carbocycles. The number of rotatable bonds is 6. The average Bonchev–Trinajstić information content (AvgIpc) is 3.42. The third kappa shape index (κ3) is 4.50. The third-order valence-electron chi connectivity index (χ3n) is 4.52. The SMILES string of the molecule is O=C(NCCc1coc(-c2ccccc2)n1)c1cnn(-c2ccccc2)c1C(F)(F)F. The number of halogens is 3. The number of amides is 1. The van der Waals surface area contributed by atoms with Gasteiger partial charge in [-0.1, -0.05) is 36.4 Å². The zero-order valence-corrected chi connectivity index (χ0v) is 16.1. The van der Waals surface area contributed by atoms with E-state index >= 15 is 0 Å². The smallest absolute Gasteiger partial charge is 0.434 e. The van der Waals surface area contributed by atoms with Gasteiger partial charge >= 0.3 is 6.18 Å². The molecule has 0 saturated heterocycles. The van der Waals surface area contributed by atoms with Crippen LogP contribution in [0.1, 0.15) is 21.7 Å². The maximum Gasteiger partial charge on any atom is 0.434 e. The highest BCUT2D eigenvalue weighted by molar-refractivity contribution is 5.95. The molecule has 1 amide bonds. The molecule has 9 heteroatoms. The van der Waals surface area contributed by atoms with Crippen LogP contribution in [-0.2, 0) is 12.6 Å². The Hall–Kier alpha value is -3.88. The van der Waals surface area contributed by atoms with Crippen LogP contribution in [0.5, 0.6) is 0 Å². The van der Waals surface area contributed by atoms with Gasteiger partial charge < -0.3 is 9.73 Å². The fourth-order valence-electron chi connectivity index (χ4n) is 3.09. The van der Waals surface area contributed by atoms with Gasteiger partial charge in [-0.3, -0.25) is 4.79 Å². The summed E-state index contributed by atoms with van der Waals surface area (Å²) in [6.07, 6.45) is -2.07. The first-order valence-electron chi connectivity index (χ1n) is 9.42. The Morgan fingerprint density at radius 3 is 2.39 bits per heavy atom. The van der Waals surface area contributed by atoms with Crippen LogP contribution in [-0.4, -0.2) is 27.2 Å². The van der Waals surface area contributed by atoms with E-state index in [0.29, 0.717) is 18.0 Å². The summed E-state index contributed by atoms with van der Waals surface area (Å²) in [6, 6.07) is 17.1. The quantitative estimate of drug-likeness (QED) is 0.492. The molecule has 2 aromatic heterocycles. The minimum absolute atomic E-state index is 0.0907. The fourth-order valence-corrected chi connectivity index (χ4v) is 3.09. The third-order valence-corrected chi connectivity index (χ3v) is 4.52. The molecule has 4 rings (SSSR count). The molecule has 4 aromatic rings. The molecule has 0 fully saturated rings. The normalized spacial score (nSPS) is 11.5. The molecule has 0 bridgehead atoms. The van der Waals surface area contributed by atoms with Gasteiger partial charge in [0.25, 0.3) is 5.91 Å². The Kier molecular flexibility index (Phi) is 5.57. The number of hydrogen-bond donors (Lipinski definition) is 1. The van der Waals surface area contributed by atoms with E-state index < -0.39 is 23.3 Å². The Morgan fingerprint density at radius 1 is 1.03 bits per heavy atom. The predicted octanol–water partition coefficient (Wildman–Crippen LogP) is 4.52. The molecule has 6 nitrogen and oxygen atoms in total. The van der Waals surface area contributed by atoms with E-state index in [-0.39, 0.29) is 12.2 Å². The van der Waals surface area contributed by atoms with Crippen LogP contribution in [0.4, 0.5) is 13.2 Å². The first-order valence-corrected chi connectivity index (χ1v) is 9.42. The molecular weight excluding hydrogens is 409 g/mol. The number of aromatic nitrogens is 3. The summed E-state index contributed by atoms with van der Waals surface area (Å²) in [5, 5.41) is 6.29. The molecule has 0 unspecified atom stereocenters. The monoisotopic (exact) mass is 426 g/mol. The van der Waals surface area contributed by atoms with Crippen molar-refractivity contribution in [3.05, 3.63) is 90.1 Å². The molecule has 0 radical (unpaired) electrons. The van der Waals surface area contributed by atoms with Crippen LogP contribution in [0.25, 0.3) is 17.1 Å². The highest BCUT2D eigenvalue weighted by atomic mass is 19.4. The molecule has 0 aliphatic carbocycles. The zero-order valence-electron chi connectivity index (χ0n) is 16.1. The van der Waals surface area contributed by atoms with Crippen molar-refractivity contribution in [3.63, 3.8) is 0 Å². The van der Waals surface area contributed by atoms with E-state index in [1.54, 1.807) is 18.2 Å². The zero-order chi connectivity index (χ0) is 21.8. The lowest BCUT2D eigenvalue weighted by molar-refractivity contribution is -0.143. The fraction of sp³-hybridized carbons (Fsp3) is 0.136. The van der Waals surface area contributed by atoms with Crippen molar-refractivity contribution in [2.45, 2.75) is 12.6 Å². The first-order chi connectivity index (χ1) is 14.9. The summed E-state index contributed by atoms with van der Waals surface area (Å²) in [5.41, 5.74) is -0.0634. The standard InChI is InChI=1S/C22H17F3N4O2/c23-22(24,25)19-18(13-27-29(19)17-9-5-2-6-10-17)20(30)26-12-11-16-14-31-21(28-16)15-7-3-1-4-8-15/h1-10,13-14H,11-12H2,(H,26,30). The lowest BCUT2D eigenvalue weighted by Crippen LogP contribution is -2.28. The van der Waals surface area contributed by atoms with E-state index in [9.17, 15) is 18.0 Å². The molecule has 0 spiro atoms. The number of carbonyl (C=O) groups is 1. The summed E-state index contributed by atoms with van der Waals surface area (Å²) in [4.78, 5) is 16.8. The van der Waals surface area contributed by atoms with E-state index in [1.165, 1.54) is 18.4 Å². The van der Waals surface area contributed by atoms with Crippen molar-refractivity contribution < 1.29 is 22.4 Å². The van der Waals surface area contributed by atoms with E-state index in [0.717, 1.165) is 16.4 Å². The van der Waals surface area contributed by atoms with Crippen molar-refractivity contribution in [1.82, 2.24) is 20.1 Å². The molecule has 0 aliphatic heterocycles. The van der Waals surface area contributed by atoms with Crippen molar-refractivity contribution in [2.24, 2.45) is 0 Å². The van der Waals surface area contributed by atoms with Gasteiger partial charge in [0, 0.05) is 18.5 Å². The number of carbonyl (C=O) groups excluding carboxylic acids is 1. The van der Waals surface area contributed by atoms with E-state index in [1.807, 2.05) is 30.3 Å². The lowest BCUT2D eigenvalue weighted by Gasteiger charge is -2.12. The van der Waals surface area contributed by atoms with Gasteiger partial charge in [-0.25, -0.2) is 9.67 Å². The van der Waals surface area contributed by atoms with Crippen LogP contribution >= 0.6 is 0 Å². The van der Waals surface area contributed by atoms with Crippen molar-refractivity contribution >= 4 is 5.91 Å². The lowest BCUT2D eigenvalue weighted by atomic mass is 10.2. The molecule has 2 heterocycles. The van der Waals surface area contributed by atoms with Crippen molar-refractivity contribution in [3.8, 4) is 17.1 Å². The predicted molar refractivity (Wildman–Crippen MR) is 107 cm³/mol. The summed E-state index contributed by atoms with van der Waals surface area (Å²) in [6.45, 7) is 0.0907. The molecule has 0 aliphatic rings. The summed E-state index contributed by atoms with van der Waals surface area (Å²) in [5.74, 6) is -0.424. The number of para-hydroxylation sites is 1. The molecule has 2 aromatic carbocycles. The van der Waals surface area contributed by atoms with Crippen LogP contribution in [0.15, 0.2) is 77.5 Å². The van der Waals surface area contributed by atoms with Crippen molar-refractivity contribution in [2.75, 3.05) is 6.54 Å². The molecule has 1 N–H and O–H groups in total. The number of nitrogens with one attached hydrogen (secondary N) is 1. The molecular formula is C22H17F3N4O2. The van der Waals surface area contributed by atoms with Gasteiger partial charge in [-0.2, -0.15) is 18.3 Å².